The molecule has 0 saturated heterocycles. The van der Waals surface area contributed by atoms with Crippen molar-refractivity contribution in [3.05, 3.63) is 59.7 Å². The Morgan fingerprint density at radius 2 is 1.23 bits per heavy atom. The molecule has 0 aliphatic heterocycles. The van der Waals surface area contributed by atoms with Crippen LogP contribution in [0.15, 0.2) is 48.5 Å². The minimum Gasteiger partial charge on any atom is -0.497 e. The molecule has 0 amide bonds. The second-order valence-corrected chi connectivity index (χ2v) is 9.10. The molecule has 0 aromatic heterocycles. The van der Waals surface area contributed by atoms with Gasteiger partial charge in [0.15, 0.2) is 0 Å². The first kappa shape index (κ1) is 21.0. The van der Waals surface area contributed by atoms with Gasteiger partial charge in [0.1, 0.15) is 17.3 Å². The molecule has 2 aromatic rings. The number of hydrogen-bond donors (Lipinski definition) is 0. The predicted octanol–water partition coefficient (Wildman–Crippen LogP) is 6.52. The van der Waals surface area contributed by atoms with Crippen LogP contribution in [0.5, 0.6) is 11.5 Å². The molecule has 3 nitrogen and oxygen atoms in total. The van der Waals surface area contributed by atoms with Crippen LogP contribution >= 0.6 is 0 Å². The summed E-state index contributed by atoms with van der Waals surface area (Å²) in [6.07, 6.45) is 8.79. The van der Waals surface area contributed by atoms with Crippen LogP contribution in [-0.2, 0) is 4.79 Å². The zero-order chi connectivity index (χ0) is 20.9. The Hall–Kier alpha value is -2.29. The van der Waals surface area contributed by atoms with Gasteiger partial charge in [-0.2, -0.15) is 0 Å². The van der Waals surface area contributed by atoms with Crippen molar-refractivity contribution in [2.75, 3.05) is 14.2 Å². The number of benzene rings is 2. The van der Waals surface area contributed by atoms with E-state index in [1.165, 1.54) is 49.7 Å². The standard InChI is InChI=1S/C27H34O3/c1-29-24-13-5-11-21(15-24)26(19-7-3-8-19)17-23(28)18-27(20-9-4-10-20)22-12-6-14-25(16-22)30-2/h5-6,11-16,19-20,26-27H,3-4,7-10,17-18H2,1-2H3. The van der Waals surface area contributed by atoms with E-state index in [1.54, 1.807) is 14.2 Å². The molecule has 2 fully saturated rings. The Labute approximate surface area is 180 Å². The third kappa shape index (κ3) is 4.71. The number of ether oxygens (including phenoxy) is 2. The lowest BCUT2D eigenvalue weighted by Gasteiger charge is -2.36. The van der Waals surface area contributed by atoms with Gasteiger partial charge in [-0.3, -0.25) is 4.79 Å². The molecule has 30 heavy (non-hydrogen) atoms. The summed E-state index contributed by atoms with van der Waals surface area (Å²) < 4.78 is 10.9. The van der Waals surface area contributed by atoms with E-state index in [9.17, 15) is 4.79 Å². The maximum atomic E-state index is 13.3. The van der Waals surface area contributed by atoms with E-state index < -0.39 is 0 Å². The first-order chi connectivity index (χ1) is 14.7. The van der Waals surface area contributed by atoms with E-state index >= 15 is 0 Å². The molecule has 2 unspecified atom stereocenters. The molecule has 2 aliphatic rings. The predicted molar refractivity (Wildman–Crippen MR) is 120 cm³/mol. The topological polar surface area (TPSA) is 35.5 Å². The van der Waals surface area contributed by atoms with Gasteiger partial charge in [0.25, 0.3) is 0 Å². The van der Waals surface area contributed by atoms with Crippen molar-refractivity contribution in [3.63, 3.8) is 0 Å². The van der Waals surface area contributed by atoms with Crippen LogP contribution in [0.4, 0.5) is 0 Å². The maximum Gasteiger partial charge on any atom is 0.134 e. The molecule has 0 heterocycles. The molecule has 2 atom stereocenters. The highest BCUT2D eigenvalue weighted by Gasteiger charge is 2.34. The van der Waals surface area contributed by atoms with Gasteiger partial charge in [-0.25, -0.2) is 0 Å². The molecule has 2 aromatic carbocycles. The molecule has 2 aliphatic carbocycles. The first-order valence-corrected chi connectivity index (χ1v) is 11.5. The fourth-order valence-corrected chi connectivity index (χ4v) is 5.12. The fraction of sp³-hybridized carbons (Fsp3) is 0.519. The smallest absolute Gasteiger partial charge is 0.134 e. The Balaban J connectivity index is 1.50. The van der Waals surface area contributed by atoms with Gasteiger partial charge >= 0.3 is 0 Å². The highest BCUT2D eigenvalue weighted by molar-refractivity contribution is 5.80. The summed E-state index contributed by atoms with van der Waals surface area (Å²) in [5.41, 5.74) is 2.52. The third-order valence-electron chi connectivity index (χ3n) is 7.38. The highest BCUT2D eigenvalue weighted by Crippen LogP contribution is 2.45. The Kier molecular flexibility index (Phi) is 6.76. The molecular weight excluding hydrogens is 372 g/mol. The third-order valence-corrected chi connectivity index (χ3v) is 7.38. The van der Waals surface area contributed by atoms with Crippen LogP contribution in [0.25, 0.3) is 0 Å². The number of methoxy groups -OCH3 is 2. The van der Waals surface area contributed by atoms with E-state index in [2.05, 4.69) is 36.4 Å². The summed E-state index contributed by atoms with van der Waals surface area (Å²) in [5, 5.41) is 0. The van der Waals surface area contributed by atoms with Gasteiger partial charge in [0, 0.05) is 12.8 Å². The lowest BCUT2D eigenvalue weighted by molar-refractivity contribution is -0.120. The molecule has 0 bridgehead atoms. The summed E-state index contributed by atoms with van der Waals surface area (Å²) in [4.78, 5) is 13.3. The number of ketones is 1. The van der Waals surface area contributed by atoms with Gasteiger partial charge < -0.3 is 9.47 Å². The van der Waals surface area contributed by atoms with E-state index in [0.29, 0.717) is 42.3 Å². The lowest BCUT2D eigenvalue weighted by Crippen LogP contribution is -2.26. The second kappa shape index (κ2) is 9.68. The quantitative estimate of drug-likeness (QED) is 0.450. The number of rotatable bonds is 10. The molecule has 2 saturated carbocycles. The van der Waals surface area contributed by atoms with Gasteiger partial charge in [-0.05, 0) is 84.7 Å². The van der Waals surface area contributed by atoms with Crippen LogP contribution in [-0.4, -0.2) is 20.0 Å². The normalized spacial score (nSPS) is 18.7. The van der Waals surface area contributed by atoms with Crippen LogP contribution in [0.2, 0.25) is 0 Å². The number of carbonyl (C=O) groups is 1. The zero-order valence-electron chi connectivity index (χ0n) is 18.3. The SMILES string of the molecule is COc1cccc(C(CC(=O)CC(c2cccc(OC)c2)C2CCC2)C2CCC2)c1. The van der Waals surface area contributed by atoms with E-state index in [1.807, 2.05) is 12.1 Å². The van der Waals surface area contributed by atoms with Crippen LogP contribution in [0.3, 0.4) is 0 Å². The molecular formula is C27H34O3. The largest absolute Gasteiger partial charge is 0.497 e. The van der Waals surface area contributed by atoms with Gasteiger partial charge in [0.2, 0.25) is 0 Å². The molecule has 160 valence electrons. The van der Waals surface area contributed by atoms with Crippen molar-refractivity contribution in [1.29, 1.82) is 0 Å². The highest BCUT2D eigenvalue weighted by atomic mass is 16.5. The minimum atomic E-state index is 0.314. The van der Waals surface area contributed by atoms with Crippen LogP contribution in [0.1, 0.15) is 74.3 Å². The van der Waals surface area contributed by atoms with Crippen molar-refractivity contribution < 1.29 is 14.3 Å². The average molecular weight is 407 g/mol. The fourth-order valence-electron chi connectivity index (χ4n) is 5.12. The summed E-state index contributed by atoms with van der Waals surface area (Å²) in [5.74, 6) is 4.04. The van der Waals surface area contributed by atoms with Gasteiger partial charge in [0.05, 0.1) is 14.2 Å². The minimum absolute atomic E-state index is 0.314. The van der Waals surface area contributed by atoms with Crippen molar-refractivity contribution in [1.82, 2.24) is 0 Å². The van der Waals surface area contributed by atoms with E-state index in [0.717, 1.165) is 11.5 Å². The Morgan fingerprint density at radius 3 is 1.57 bits per heavy atom. The lowest BCUT2D eigenvalue weighted by atomic mass is 9.68. The van der Waals surface area contributed by atoms with Crippen molar-refractivity contribution in [2.24, 2.45) is 11.8 Å². The number of carbonyl (C=O) groups excluding carboxylic acids is 1. The van der Waals surface area contributed by atoms with E-state index in [-0.39, 0.29) is 0 Å². The Bertz CT molecular complexity index is 781. The van der Waals surface area contributed by atoms with Gasteiger partial charge in [-0.1, -0.05) is 37.1 Å². The van der Waals surface area contributed by atoms with Gasteiger partial charge in [-0.15, -0.1) is 0 Å². The molecule has 0 radical (unpaired) electrons. The molecule has 4 rings (SSSR count). The van der Waals surface area contributed by atoms with Crippen LogP contribution < -0.4 is 9.47 Å². The average Bonchev–Trinajstić information content (AvgIpc) is 2.70. The summed E-state index contributed by atoms with van der Waals surface area (Å²) in [7, 11) is 3.42. The van der Waals surface area contributed by atoms with Crippen molar-refractivity contribution >= 4 is 5.78 Å². The monoisotopic (exact) mass is 406 g/mol. The number of hydrogen-bond acceptors (Lipinski definition) is 3. The first-order valence-electron chi connectivity index (χ1n) is 11.5. The molecule has 3 heteroatoms. The zero-order valence-corrected chi connectivity index (χ0v) is 18.3. The molecule has 0 spiro atoms. The molecule has 0 N–H and O–H groups in total. The number of Topliss-reactive ketones (excluding diaryl/α,β-unsaturated/α-hetero) is 1. The van der Waals surface area contributed by atoms with Crippen molar-refractivity contribution in [2.45, 2.75) is 63.2 Å². The van der Waals surface area contributed by atoms with Crippen molar-refractivity contribution in [3.8, 4) is 11.5 Å². The summed E-state index contributed by atoms with van der Waals surface area (Å²) in [6, 6.07) is 16.7. The second-order valence-electron chi connectivity index (χ2n) is 9.10. The maximum absolute atomic E-state index is 13.3. The summed E-state index contributed by atoms with van der Waals surface area (Å²) >= 11 is 0. The Morgan fingerprint density at radius 1 is 0.800 bits per heavy atom. The summed E-state index contributed by atoms with van der Waals surface area (Å²) in [6.45, 7) is 0. The van der Waals surface area contributed by atoms with E-state index in [4.69, 9.17) is 9.47 Å². The van der Waals surface area contributed by atoms with Crippen LogP contribution in [0, 0.1) is 11.8 Å².